The lowest BCUT2D eigenvalue weighted by Gasteiger charge is -2.25. The summed E-state index contributed by atoms with van der Waals surface area (Å²) in [6, 6.07) is 2.45. The van der Waals surface area contributed by atoms with Crippen LogP contribution in [0.15, 0.2) is 16.8 Å². The van der Waals surface area contributed by atoms with Gasteiger partial charge in [0.15, 0.2) is 0 Å². The van der Waals surface area contributed by atoms with E-state index in [-0.39, 0.29) is 18.2 Å². The fourth-order valence-corrected chi connectivity index (χ4v) is 3.64. The zero-order chi connectivity index (χ0) is 13.1. The molecule has 0 spiro atoms. The highest BCUT2D eigenvalue weighted by molar-refractivity contribution is 7.07. The number of thiophene rings is 1. The topological polar surface area (TPSA) is 41.6 Å². The molecule has 0 radical (unpaired) electrons. The molecule has 0 aliphatic carbocycles. The second-order valence-electron chi connectivity index (χ2n) is 5.23. The van der Waals surface area contributed by atoms with E-state index in [4.69, 9.17) is 4.74 Å². The van der Waals surface area contributed by atoms with Crippen LogP contribution in [0.25, 0.3) is 0 Å². The SMILES string of the molecule is O=C(NC[C@H]1CCCO1)N1CCC[C@@H]1c1ccsc1. The van der Waals surface area contributed by atoms with Crippen molar-refractivity contribution in [1.82, 2.24) is 10.2 Å². The molecule has 2 fully saturated rings. The third-order valence-corrected chi connectivity index (χ3v) is 4.65. The number of hydrogen-bond acceptors (Lipinski definition) is 3. The quantitative estimate of drug-likeness (QED) is 0.925. The van der Waals surface area contributed by atoms with Gasteiger partial charge in [-0.3, -0.25) is 0 Å². The molecule has 0 unspecified atom stereocenters. The van der Waals surface area contributed by atoms with E-state index in [1.807, 2.05) is 4.90 Å². The standard InChI is InChI=1S/C14H20N2O2S/c17-14(15-9-12-3-2-7-18-12)16-6-1-4-13(16)11-5-8-19-10-11/h5,8,10,12-13H,1-4,6-7,9H2,(H,15,17)/t12-,13-/m1/s1. The predicted octanol–water partition coefficient (Wildman–Crippen LogP) is 2.77. The van der Waals surface area contributed by atoms with Crippen LogP contribution >= 0.6 is 11.3 Å². The summed E-state index contributed by atoms with van der Waals surface area (Å²) < 4.78 is 5.53. The molecule has 0 saturated carbocycles. The monoisotopic (exact) mass is 280 g/mol. The lowest BCUT2D eigenvalue weighted by atomic mass is 10.1. The summed E-state index contributed by atoms with van der Waals surface area (Å²) in [4.78, 5) is 14.2. The van der Waals surface area contributed by atoms with Crippen LogP contribution in [-0.2, 0) is 4.74 Å². The van der Waals surface area contributed by atoms with Crippen molar-refractivity contribution in [2.75, 3.05) is 19.7 Å². The van der Waals surface area contributed by atoms with Crippen LogP contribution in [0.2, 0.25) is 0 Å². The summed E-state index contributed by atoms with van der Waals surface area (Å²) >= 11 is 1.70. The molecule has 3 heterocycles. The molecule has 104 valence electrons. The fourth-order valence-electron chi connectivity index (χ4n) is 2.93. The van der Waals surface area contributed by atoms with Crippen LogP contribution in [0.4, 0.5) is 4.79 Å². The lowest BCUT2D eigenvalue weighted by molar-refractivity contribution is 0.108. The second-order valence-corrected chi connectivity index (χ2v) is 6.01. The van der Waals surface area contributed by atoms with Gasteiger partial charge in [-0.25, -0.2) is 4.79 Å². The van der Waals surface area contributed by atoms with Crippen LogP contribution in [-0.4, -0.2) is 36.7 Å². The van der Waals surface area contributed by atoms with Crippen LogP contribution in [0, 0.1) is 0 Å². The molecule has 1 aromatic rings. The van der Waals surface area contributed by atoms with Crippen LogP contribution < -0.4 is 5.32 Å². The van der Waals surface area contributed by atoms with Crippen LogP contribution in [0.3, 0.4) is 0 Å². The molecule has 2 saturated heterocycles. The smallest absolute Gasteiger partial charge is 0.318 e. The fraction of sp³-hybridized carbons (Fsp3) is 0.643. The number of hydrogen-bond donors (Lipinski definition) is 1. The maximum Gasteiger partial charge on any atom is 0.318 e. The van der Waals surface area contributed by atoms with Gasteiger partial charge in [-0.05, 0) is 48.1 Å². The van der Waals surface area contributed by atoms with Gasteiger partial charge in [-0.1, -0.05) is 0 Å². The Morgan fingerprint density at radius 3 is 3.16 bits per heavy atom. The number of carbonyl (C=O) groups excluding carboxylic acids is 1. The number of likely N-dealkylation sites (tertiary alicyclic amines) is 1. The predicted molar refractivity (Wildman–Crippen MR) is 75.4 cm³/mol. The van der Waals surface area contributed by atoms with Gasteiger partial charge in [0.05, 0.1) is 12.1 Å². The summed E-state index contributed by atoms with van der Waals surface area (Å²) in [5.74, 6) is 0. The Hall–Kier alpha value is -1.07. The number of ether oxygens (including phenoxy) is 1. The third-order valence-electron chi connectivity index (χ3n) is 3.95. The Morgan fingerprint density at radius 2 is 2.42 bits per heavy atom. The Bertz CT molecular complexity index is 415. The molecule has 0 aromatic carbocycles. The van der Waals surface area contributed by atoms with E-state index in [0.717, 1.165) is 38.8 Å². The molecule has 19 heavy (non-hydrogen) atoms. The summed E-state index contributed by atoms with van der Waals surface area (Å²) in [6.07, 6.45) is 4.56. The molecule has 1 N–H and O–H groups in total. The molecule has 2 aliphatic heterocycles. The Balaban J connectivity index is 1.56. The minimum absolute atomic E-state index is 0.0594. The number of nitrogens with one attached hydrogen (secondary N) is 1. The van der Waals surface area contributed by atoms with Gasteiger partial charge in [0.25, 0.3) is 0 Å². The maximum absolute atomic E-state index is 12.3. The second kappa shape index (κ2) is 5.92. The van der Waals surface area contributed by atoms with Crippen molar-refractivity contribution < 1.29 is 9.53 Å². The largest absolute Gasteiger partial charge is 0.376 e. The van der Waals surface area contributed by atoms with Crippen LogP contribution in [0.5, 0.6) is 0 Å². The van der Waals surface area contributed by atoms with Crippen molar-refractivity contribution >= 4 is 17.4 Å². The van der Waals surface area contributed by atoms with Crippen molar-refractivity contribution in [2.45, 2.75) is 37.8 Å². The molecule has 1 aromatic heterocycles. The molecule has 4 nitrogen and oxygen atoms in total. The highest BCUT2D eigenvalue weighted by Gasteiger charge is 2.30. The molecular weight excluding hydrogens is 260 g/mol. The molecular formula is C14H20N2O2S. The first-order valence-electron chi connectivity index (χ1n) is 7.03. The lowest BCUT2D eigenvalue weighted by Crippen LogP contribution is -2.42. The van der Waals surface area contributed by atoms with Crippen molar-refractivity contribution in [2.24, 2.45) is 0 Å². The number of urea groups is 1. The number of nitrogens with zero attached hydrogens (tertiary/aromatic N) is 1. The molecule has 2 aliphatic rings. The first-order chi connectivity index (χ1) is 9.34. The third kappa shape index (κ3) is 2.92. The molecule has 5 heteroatoms. The van der Waals surface area contributed by atoms with Gasteiger partial charge in [-0.15, -0.1) is 0 Å². The van der Waals surface area contributed by atoms with Gasteiger partial charge < -0.3 is 15.0 Å². The van der Waals surface area contributed by atoms with Crippen molar-refractivity contribution in [3.05, 3.63) is 22.4 Å². The van der Waals surface area contributed by atoms with E-state index in [1.54, 1.807) is 11.3 Å². The van der Waals surface area contributed by atoms with Crippen molar-refractivity contribution in [3.8, 4) is 0 Å². The van der Waals surface area contributed by atoms with E-state index in [1.165, 1.54) is 5.56 Å². The van der Waals surface area contributed by atoms with Gasteiger partial charge in [0, 0.05) is 19.7 Å². The first kappa shape index (κ1) is 12.9. The number of rotatable bonds is 3. The zero-order valence-corrected chi connectivity index (χ0v) is 11.8. The van der Waals surface area contributed by atoms with Gasteiger partial charge in [-0.2, -0.15) is 11.3 Å². The maximum atomic E-state index is 12.3. The van der Waals surface area contributed by atoms with E-state index >= 15 is 0 Å². The van der Waals surface area contributed by atoms with E-state index in [2.05, 4.69) is 22.1 Å². The highest BCUT2D eigenvalue weighted by atomic mass is 32.1. The van der Waals surface area contributed by atoms with Gasteiger partial charge in [0.1, 0.15) is 0 Å². The Labute approximate surface area is 117 Å². The van der Waals surface area contributed by atoms with Crippen molar-refractivity contribution in [1.29, 1.82) is 0 Å². The van der Waals surface area contributed by atoms with E-state index < -0.39 is 0 Å². The summed E-state index contributed by atoms with van der Waals surface area (Å²) in [5.41, 5.74) is 1.27. The average Bonchev–Trinajstić information content (AvgIpc) is 3.14. The van der Waals surface area contributed by atoms with Gasteiger partial charge in [0.2, 0.25) is 0 Å². The molecule has 3 rings (SSSR count). The number of amides is 2. The molecule has 0 bridgehead atoms. The van der Waals surface area contributed by atoms with E-state index in [0.29, 0.717) is 6.54 Å². The van der Waals surface area contributed by atoms with Crippen LogP contribution in [0.1, 0.15) is 37.3 Å². The number of carbonyl (C=O) groups is 1. The molecule has 2 atom stereocenters. The minimum atomic E-state index is 0.0594. The first-order valence-corrected chi connectivity index (χ1v) is 7.97. The highest BCUT2D eigenvalue weighted by Crippen LogP contribution is 2.32. The summed E-state index contributed by atoms with van der Waals surface area (Å²) in [6.45, 7) is 2.34. The summed E-state index contributed by atoms with van der Waals surface area (Å²) in [5, 5.41) is 7.25. The average molecular weight is 280 g/mol. The Morgan fingerprint density at radius 1 is 1.47 bits per heavy atom. The zero-order valence-electron chi connectivity index (χ0n) is 11.0. The van der Waals surface area contributed by atoms with Crippen molar-refractivity contribution in [3.63, 3.8) is 0 Å². The molecule has 2 amide bonds. The van der Waals surface area contributed by atoms with E-state index in [9.17, 15) is 4.79 Å². The normalized spacial score (nSPS) is 26.8. The van der Waals surface area contributed by atoms with Gasteiger partial charge >= 0.3 is 6.03 Å². The summed E-state index contributed by atoms with van der Waals surface area (Å²) in [7, 11) is 0. The Kier molecular flexibility index (Phi) is 4.03. The minimum Gasteiger partial charge on any atom is -0.376 e.